The first-order valence-electron chi connectivity index (χ1n) is 6.88. The van der Waals surface area contributed by atoms with Crippen molar-refractivity contribution in [3.63, 3.8) is 0 Å². The Morgan fingerprint density at radius 2 is 2.00 bits per heavy atom. The van der Waals surface area contributed by atoms with E-state index in [2.05, 4.69) is 22.0 Å². The van der Waals surface area contributed by atoms with E-state index in [-0.39, 0.29) is 6.04 Å². The number of nitrogens with two attached hydrogens (primary N) is 1. The summed E-state index contributed by atoms with van der Waals surface area (Å²) in [4.78, 5) is 0. The van der Waals surface area contributed by atoms with Gasteiger partial charge in [0.1, 0.15) is 18.1 Å². The number of rotatable bonds is 6. The molecule has 0 aromatic heterocycles. The molecular weight excluding hydrogens is 330 g/mol. The molecule has 2 aromatic rings. The molecule has 2 N–H and O–H groups in total. The van der Waals surface area contributed by atoms with Gasteiger partial charge in [0.2, 0.25) is 0 Å². The Bertz CT molecular complexity index is 599. The summed E-state index contributed by atoms with van der Waals surface area (Å²) in [5, 5.41) is 0. The van der Waals surface area contributed by atoms with Gasteiger partial charge in [0, 0.05) is 16.1 Å². The summed E-state index contributed by atoms with van der Waals surface area (Å²) < 4.78 is 12.2. The number of halogens is 1. The van der Waals surface area contributed by atoms with E-state index in [0.29, 0.717) is 6.61 Å². The summed E-state index contributed by atoms with van der Waals surface area (Å²) >= 11 is 3.47. The van der Waals surface area contributed by atoms with Gasteiger partial charge in [-0.25, -0.2) is 0 Å². The van der Waals surface area contributed by atoms with Crippen LogP contribution in [0.3, 0.4) is 0 Å². The van der Waals surface area contributed by atoms with Crippen LogP contribution in [0.2, 0.25) is 0 Å². The van der Waals surface area contributed by atoms with E-state index in [1.54, 1.807) is 7.11 Å². The summed E-state index contributed by atoms with van der Waals surface area (Å²) in [6, 6.07) is 14.1. The molecule has 2 rings (SSSR count). The van der Waals surface area contributed by atoms with E-state index in [1.165, 1.54) is 5.56 Å². The maximum Gasteiger partial charge on any atom is 0.125 e. The van der Waals surface area contributed by atoms with Gasteiger partial charge in [0.25, 0.3) is 0 Å². The lowest BCUT2D eigenvalue weighted by Crippen LogP contribution is -2.17. The fourth-order valence-electron chi connectivity index (χ4n) is 2.16. The Labute approximate surface area is 134 Å². The lowest BCUT2D eigenvalue weighted by atomic mass is 10.1. The van der Waals surface area contributed by atoms with Crippen molar-refractivity contribution in [1.82, 2.24) is 0 Å². The fraction of sp³-hybridized carbons (Fsp3) is 0.294. The number of benzene rings is 2. The maximum atomic E-state index is 5.87. The van der Waals surface area contributed by atoms with Crippen molar-refractivity contribution in [2.45, 2.75) is 26.0 Å². The average Bonchev–Trinajstić information content (AvgIpc) is 2.45. The molecule has 1 atom stereocenters. The SMILES string of the molecule is COc1ccc(Br)cc1COc1cccc(CC(C)N)c1. The molecule has 0 radical (unpaired) electrons. The first-order chi connectivity index (χ1) is 10.1. The topological polar surface area (TPSA) is 44.5 Å². The lowest BCUT2D eigenvalue weighted by molar-refractivity contribution is 0.296. The van der Waals surface area contributed by atoms with E-state index in [1.807, 2.05) is 43.3 Å². The lowest BCUT2D eigenvalue weighted by Gasteiger charge is -2.12. The molecule has 0 saturated heterocycles. The van der Waals surface area contributed by atoms with Gasteiger partial charge in [-0.3, -0.25) is 0 Å². The third-order valence-corrected chi connectivity index (χ3v) is 3.59. The van der Waals surface area contributed by atoms with E-state index < -0.39 is 0 Å². The van der Waals surface area contributed by atoms with Crippen LogP contribution in [0.1, 0.15) is 18.1 Å². The minimum atomic E-state index is 0.144. The minimum absolute atomic E-state index is 0.144. The smallest absolute Gasteiger partial charge is 0.125 e. The molecule has 0 heterocycles. The zero-order valence-electron chi connectivity index (χ0n) is 12.3. The molecule has 112 valence electrons. The van der Waals surface area contributed by atoms with Crippen molar-refractivity contribution >= 4 is 15.9 Å². The normalized spacial score (nSPS) is 12.0. The quantitative estimate of drug-likeness (QED) is 0.859. The molecule has 1 unspecified atom stereocenters. The van der Waals surface area contributed by atoms with Crippen LogP contribution in [0.15, 0.2) is 46.9 Å². The molecule has 0 aliphatic heterocycles. The third-order valence-electron chi connectivity index (χ3n) is 3.09. The van der Waals surface area contributed by atoms with Gasteiger partial charge in [0.05, 0.1) is 7.11 Å². The van der Waals surface area contributed by atoms with Crippen LogP contribution in [0, 0.1) is 0 Å². The van der Waals surface area contributed by atoms with Crippen molar-refractivity contribution in [3.8, 4) is 11.5 Å². The molecule has 0 fully saturated rings. The van der Waals surface area contributed by atoms with Gasteiger partial charge in [-0.05, 0) is 49.2 Å². The van der Waals surface area contributed by atoms with Crippen LogP contribution >= 0.6 is 15.9 Å². The second-order valence-corrected chi connectivity index (χ2v) is 5.99. The third kappa shape index (κ3) is 4.76. The predicted octanol–water partition coefficient (Wildman–Crippen LogP) is 3.93. The Kier molecular flexibility index (Phi) is 5.65. The van der Waals surface area contributed by atoms with Gasteiger partial charge in [-0.2, -0.15) is 0 Å². The summed E-state index contributed by atoms with van der Waals surface area (Å²) in [7, 11) is 1.66. The van der Waals surface area contributed by atoms with Crippen LogP contribution in [-0.2, 0) is 13.0 Å². The van der Waals surface area contributed by atoms with E-state index in [0.717, 1.165) is 28.0 Å². The predicted molar refractivity (Wildman–Crippen MR) is 88.8 cm³/mol. The molecule has 0 aliphatic rings. The highest BCUT2D eigenvalue weighted by Gasteiger charge is 2.06. The molecule has 21 heavy (non-hydrogen) atoms. The molecule has 3 nitrogen and oxygen atoms in total. The van der Waals surface area contributed by atoms with Gasteiger partial charge >= 0.3 is 0 Å². The fourth-order valence-corrected chi connectivity index (χ4v) is 2.56. The van der Waals surface area contributed by atoms with Gasteiger partial charge in [-0.15, -0.1) is 0 Å². The Morgan fingerprint density at radius 1 is 1.19 bits per heavy atom. The Balaban J connectivity index is 2.07. The van der Waals surface area contributed by atoms with Crippen molar-refractivity contribution in [1.29, 1.82) is 0 Å². The van der Waals surface area contributed by atoms with Crippen molar-refractivity contribution in [3.05, 3.63) is 58.1 Å². The van der Waals surface area contributed by atoms with E-state index in [9.17, 15) is 0 Å². The second kappa shape index (κ2) is 7.48. The van der Waals surface area contributed by atoms with Crippen LogP contribution in [0.25, 0.3) is 0 Å². The maximum absolute atomic E-state index is 5.87. The summed E-state index contributed by atoms with van der Waals surface area (Å²) in [5.74, 6) is 1.67. The zero-order chi connectivity index (χ0) is 15.2. The highest BCUT2D eigenvalue weighted by molar-refractivity contribution is 9.10. The first kappa shape index (κ1) is 15.9. The highest BCUT2D eigenvalue weighted by atomic mass is 79.9. The summed E-state index contributed by atoms with van der Waals surface area (Å²) in [6.45, 7) is 2.46. The zero-order valence-corrected chi connectivity index (χ0v) is 13.9. The molecule has 0 bridgehead atoms. The average molecular weight is 350 g/mol. The Hall–Kier alpha value is -1.52. The Morgan fingerprint density at radius 3 is 2.71 bits per heavy atom. The van der Waals surface area contributed by atoms with Crippen LogP contribution in [0.4, 0.5) is 0 Å². The number of hydrogen-bond acceptors (Lipinski definition) is 3. The molecular formula is C17H20BrNO2. The largest absolute Gasteiger partial charge is 0.496 e. The van der Waals surface area contributed by atoms with E-state index >= 15 is 0 Å². The summed E-state index contributed by atoms with van der Waals surface area (Å²) in [6.07, 6.45) is 0.845. The second-order valence-electron chi connectivity index (χ2n) is 5.07. The van der Waals surface area contributed by atoms with Crippen LogP contribution < -0.4 is 15.2 Å². The van der Waals surface area contributed by atoms with Crippen molar-refractivity contribution in [2.24, 2.45) is 5.73 Å². The molecule has 0 saturated carbocycles. The molecule has 2 aromatic carbocycles. The molecule has 0 spiro atoms. The standard InChI is InChI=1S/C17H20BrNO2/c1-12(19)8-13-4-3-5-16(9-13)21-11-14-10-15(18)6-7-17(14)20-2/h3-7,9-10,12H,8,11,19H2,1-2H3. The minimum Gasteiger partial charge on any atom is -0.496 e. The van der Waals surface area contributed by atoms with Gasteiger partial charge in [0.15, 0.2) is 0 Å². The van der Waals surface area contributed by atoms with Crippen molar-refractivity contribution < 1.29 is 9.47 Å². The van der Waals surface area contributed by atoms with Crippen molar-refractivity contribution in [2.75, 3.05) is 7.11 Å². The van der Waals surface area contributed by atoms with Crippen LogP contribution in [-0.4, -0.2) is 13.2 Å². The molecule has 0 aliphatic carbocycles. The monoisotopic (exact) mass is 349 g/mol. The van der Waals surface area contributed by atoms with Gasteiger partial charge in [-0.1, -0.05) is 28.1 Å². The number of methoxy groups -OCH3 is 1. The first-order valence-corrected chi connectivity index (χ1v) is 7.67. The molecule has 0 amide bonds. The summed E-state index contributed by atoms with van der Waals surface area (Å²) in [5.41, 5.74) is 8.02. The van der Waals surface area contributed by atoms with E-state index in [4.69, 9.17) is 15.2 Å². The highest BCUT2D eigenvalue weighted by Crippen LogP contribution is 2.25. The van der Waals surface area contributed by atoms with Crippen LogP contribution in [0.5, 0.6) is 11.5 Å². The number of ether oxygens (including phenoxy) is 2. The van der Waals surface area contributed by atoms with Gasteiger partial charge < -0.3 is 15.2 Å². The number of hydrogen-bond donors (Lipinski definition) is 1. The molecule has 4 heteroatoms.